The molecule has 0 saturated heterocycles. The van der Waals surface area contributed by atoms with Crippen LogP contribution < -0.4 is 10.9 Å². The number of carbonyl (C=O) groups excluding carboxylic acids is 1. The molecular weight excluding hydrogens is 318 g/mol. The predicted molar refractivity (Wildman–Crippen MR) is 85.3 cm³/mol. The van der Waals surface area contributed by atoms with Crippen LogP contribution in [-0.2, 0) is 24.8 Å². The average Bonchev–Trinajstić information content (AvgIpc) is 3.10. The van der Waals surface area contributed by atoms with Crippen LogP contribution in [0.3, 0.4) is 0 Å². The zero-order valence-electron chi connectivity index (χ0n) is 12.7. The number of hydrogen-bond acceptors (Lipinski definition) is 7. The Morgan fingerprint density at radius 1 is 1.39 bits per heavy atom. The predicted octanol–water partition coefficient (Wildman–Crippen LogP) is 0.573. The van der Waals surface area contributed by atoms with Crippen LogP contribution in [-0.4, -0.2) is 35.4 Å². The molecule has 0 fully saturated rings. The van der Waals surface area contributed by atoms with Crippen molar-refractivity contribution in [3.05, 3.63) is 27.9 Å². The molecule has 9 nitrogen and oxygen atoms in total. The summed E-state index contributed by atoms with van der Waals surface area (Å²) in [6, 6.07) is 0. The van der Waals surface area contributed by atoms with Gasteiger partial charge in [-0.1, -0.05) is 18.3 Å². The van der Waals surface area contributed by atoms with Crippen molar-refractivity contribution in [3.8, 4) is 0 Å². The van der Waals surface area contributed by atoms with Gasteiger partial charge in [-0.2, -0.15) is 5.10 Å². The molecule has 1 amide bonds. The zero-order chi connectivity index (χ0) is 16.4. The van der Waals surface area contributed by atoms with Gasteiger partial charge >= 0.3 is 0 Å². The van der Waals surface area contributed by atoms with E-state index in [1.54, 1.807) is 7.05 Å². The summed E-state index contributed by atoms with van der Waals surface area (Å²) < 4.78 is 2.75. The quantitative estimate of drug-likeness (QED) is 0.731. The Kier molecular flexibility index (Phi) is 4.15. The van der Waals surface area contributed by atoms with Crippen LogP contribution in [0.25, 0.3) is 11.0 Å². The maximum atomic E-state index is 12.3. The van der Waals surface area contributed by atoms with Crippen molar-refractivity contribution in [2.75, 3.05) is 5.32 Å². The first-order valence-electron chi connectivity index (χ1n) is 7.08. The van der Waals surface area contributed by atoms with Crippen molar-refractivity contribution in [3.63, 3.8) is 0 Å². The van der Waals surface area contributed by atoms with Gasteiger partial charge in [-0.15, -0.1) is 10.2 Å². The van der Waals surface area contributed by atoms with Gasteiger partial charge < -0.3 is 0 Å². The Morgan fingerprint density at radius 2 is 2.22 bits per heavy atom. The lowest BCUT2D eigenvalue weighted by Gasteiger charge is -2.04. The lowest BCUT2D eigenvalue weighted by molar-refractivity contribution is -0.116. The van der Waals surface area contributed by atoms with Crippen LogP contribution in [0.2, 0.25) is 0 Å². The zero-order valence-corrected chi connectivity index (χ0v) is 13.5. The summed E-state index contributed by atoms with van der Waals surface area (Å²) in [5, 5.41) is 16.2. The van der Waals surface area contributed by atoms with Gasteiger partial charge in [-0.3, -0.25) is 24.2 Å². The van der Waals surface area contributed by atoms with Crippen molar-refractivity contribution in [1.29, 1.82) is 0 Å². The molecule has 0 bridgehead atoms. The number of rotatable bonds is 5. The smallest absolute Gasteiger partial charge is 0.264 e. The highest BCUT2D eigenvalue weighted by Crippen LogP contribution is 2.16. The van der Waals surface area contributed by atoms with E-state index in [2.05, 4.69) is 25.6 Å². The molecule has 1 N–H and O–H groups in total. The molecule has 0 atom stereocenters. The van der Waals surface area contributed by atoms with Gasteiger partial charge in [0.2, 0.25) is 11.0 Å². The first kappa shape index (κ1) is 15.3. The lowest BCUT2D eigenvalue weighted by Crippen LogP contribution is -2.27. The van der Waals surface area contributed by atoms with Gasteiger partial charge in [-0.05, 0) is 6.42 Å². The molecule has 0 radical (unpaired) electrons. The molecule has 0 aliphatic carbocycles. The second-order valence-electron chi connectivity index (χ2n) is 4.98. The Balaban J connectivity index is 1.74. The largest absolute Gasteiger partial charge is 0.299 e. The highest BCUT2D eigenvalue weighted by molar-refractivity contribution is 7.15. The van der Waals surface area contributed by atoms with E-state index in [4.69, 9.17) is 0 Å². The fourth-order valence-electron chi connectivity index (χ4n) is 2.11. The van der Waals surface area contributed by atoms with Gasteiger partial charge in [0.25, 0.3) is 5.56 Å². The minimum Gasteiger partial charge on any atom is -0.299 e. The highest BCUT2D eigenvalue weighted by atomic mass is 32.1. The maximum absolute atomic E-state index is 12.3. The van der Waals surface area contributed by atoms with Crippen molar-refractivity contribution >= 4 is 33.4 Å². The van der Waals surface area contributed by atoms with Crippen LogP contribution >= 0.6 is 11.3 Å². The molecule has 0 aliphatic heterocycles. The highest BCUT2D eigenvalue weighted by Gasteiger charge is 2.12. The minimum absolute atomic E-state index is 0.140. The van der Waals surface area contributed by atoms with Crippen LogP contribution in [0, 0.1) is 0 Å². The second kappa shape index (κ2) is 6.24. The first-order chi connectivity index (χ1) is 11.1. The lowest BCUT2D eigenvalue weighted by atomic mass is 10.4. The number of aryl methyl sites for hydroxylation is 2. The molecule has 0 aromatic carbocycles. The normalized spacial score (nSPS) is 11.0. The van der Waals surface area contributed by atoms with Gasteiger partial charge in [0.1, 0.15) is 23.3 Å². The van der Waals surface area contributed by atoms with Crippen molar-refractivity contribution < 1.29 is 4.79 Å². The molecule has 0 spiro atoms. The molecule has 23 heavy (non-hydrogen) atoms. The summed E-state index contributed by atoms with van der Waals surface area (Å²) in [6.45, 7) is 1.91. The van der Waals surface area contributed by atoms with E-state index in [-0.39, 0.29) is 18.0 Å². The summed E-state index contributed by atoms with van der Waals surface area (Å²) in [4.78, 5) is 28.5. The second-order valence-corrected chi connectivity index (χ2v) is 6.04. The SMILES string of the molecule is CCCc1nnc(NC(=O)Cn2cnc3c(cnn3C)c2=O)s1. The number of nitrogens with zero attached hydrogens (tertiary/aromatic N) is 6. The molecule has 120 valence electrons. The van der Waals surface area contributed by atoms with E-state index < -0.39 is 0 Å². The Morgan fingerprint density at radius 3 is 3.00 bits per heavy atom. The maximum Gasteiger partial charge on any atom is 0.264 e. The number of carbonyl (C=O) groups is 1. The van der Waals surface area contributed by atoms with E-state index >= 15 is 0 Å². The van der Waals surface area contributed by atoms with Crippen molar-refractivity contribution in [2.45, 2.75) is 26.3 Å². The summed E-state index contributed by atoms with van der Waals surface area (Å²) in [5.41, 5.74) is 0.183. The number of nitrogens with one attached hydrogen (secondary N) is 1. The molecule has 3 heterocycles. The van der Waals surface area contributed by atoms with Crippen LogP contribution in [0.4, 0.5) is 5.13 Å². The molecule has 0 aliphatic rings. The first-order valence-corrected chi connectivity index (χ1v) is 7.89. The third-order valence-electron chi connectivity index (χ3n) is 3.21. The number of aromatic nitrogens is 6. The van der Waals surface area contributed by atoms with Crippen molar-refractivity contribution in [1.82, 2.24) is 29.5 Å². The standard InChI is InChI=1S/C13H15N7O2S/c1-3-4-10-17-18-13(23-10)16-9(21)6-20-7-14-11-8(12(20)22)5-15-19(11)2/h5,7H,3-4,6H2,1-2H3,(H,16,18,21). The number of fused-ring (bicyclic) bond motifs is 1. The number of amides is 1. The Bertz CT molecular complexity index is 911. The number of anilines is 1. The fraction of sp³-hybridized carbons (Fsp3) is 0.385. The summed E-state index contributed by atoms with van der Waals surface area (Å²) in [7, 11) is 1.70. The van der Waals surface area contributed by atoms with Gasteiger partial charge in [0, 0.05) is 13.5 Å². The van der Waals surface area contributed by atoms with Crippen LogP contribution in [0.5, 0.6) is 0 Å². The third kappa shape index (κ3) is 3.11. The third-order valence-corrected chi connectivity index (χ3v) is 4.11. The Hall–Kier alpha value is -2.62. The van der Waals surface area contributed by atoms with Crippen molar-refractivity contribution in [2.24, 2.45) is 7.05 Å². The van der Waals surface area contributed by atoms with E-state index in [1.807, 2.05) is 6.92 Å². The Labute approximate surface area is 135 Å². The molecule has 3 rings (SSSR count). The minimum atomic E-state index is -0.351. The van der Waals surface area contributed by atoms with E-state index in [1.165, 1.54) is 33.1 Å². The van der Waals surface area contributed by atoms with Crippen LogP contribution in [0.1, 0.15) is 18.4 Å². The summed E-state index contributed by atoms with van der Waals surface area (Å²) >= 11 is 1.34. The summed E-state index contributed by atoms with van der Waals surface area (Å²) in [6.07, 6.45) is 4.58. The van der Waals surface area contributed by atoms with E-state index in [0.717, 1.165) is 17.8 Å². The average molecular weight is 333 g/mol. The molecule has 3 aromatic heterocycles. The molecule has 3 aromatic rings. The molecule has 10 heteroatoms. The molecule has 0 saturated carbocycles. The fourth-order valence-corrected chi connectivity index (χ4v) is 2.97. The van der Waals surface area contributed by atoms with E-state index in [9.17, 15) is 9.59 Å². The topological polar surface area (TPSA) is 108 Å². The van der Waals surface area contributed by atoms with Gasteiger partial charge in [0.15, 0.2) is 5.65 Å². The van der Waals surface area contributed by atoms with Gasteiger partial charge in [-0.25, -0.2) is 4.98 Å². The summed E-state index contributed by atoms with van der Waals surface area (Å²) in [5.74, 6) is -0.351. The number of hydrogen-bond donors (Lipinski definition) is 1. The monoisotopic (exact) mass is 333 g/mol. The van der Waals surface area contributed by atoms with Crippen LogP contribution in [0.15, 0.2) is 17.3 Å². The molecule has 0 unspecified atom stereocenters. The molecular formula is C13H15N7O2S. The van der Waals surface area contributed by atoms with E-state index in [0.29, 0.717) is 16.2 Å². The van der Waals surface area contributed by atoms with Gasteiger partial charge in [0.05, 0.1) is 6.20 Å².